The van der Waals surface area contributed by atoms with Crippen LogP contribution in [0.15, 0.2) is 41.2 Å². The van der Waals surface area contributed by atoms with Crippen LogP contribution in [0.3, 0.4) is 0 Å². The number of anilines is 3. The third kappa shape index (κ3) is 3.72. The van der Waals surface area contributed by atoms with E-state index in [0.717, 1.165) is 28.4 Å². The van der Waals surface area contributed by atoms with Crippen molar-refractivity contribution < 1.29 is 4.52 Å². The topological polar surface area (TPSA) is 93.9 Å². The molecule has 0 saturated carbocycles. The largest absolute Gasteiger partial charge is 0.399 e. The second-order valence-corrected chi connectivity index (χ2v) is 5.84. The summed E-state index contributed by atoms with van der Waals surface area (Å²) >= 11 is 5.30. The summed E-state index contributed by atoms with van der Waals surface area (Å²) < 4.78 is 6.97. The zero-order chi connectivity index (χ0) is 17.1. The molecule has 24 heavy (non-hydrogen) atoms. The Kier molecular flexibility index (Phi) is 4.48. The molecule has 7 nitrogen and oxygen atoms in total. The number of hydrogen-bond acceptors (Lipinski definition) is 5. The molecule has 4 N–H and O–H groups in total. The fourth-order valence-electron chi connectivity index (χ4n) is 2.31. The Hall–Kier alpha value is -2.87. The van der Waals surface area contributed by atoms with E-state index in [0.29, 0.717) is 17.3 Å². The maximum Gasteiger partial charge on any atom is 0.175 e. The van der Waals surface area contributed by atoms with Crippen LogP contribution in [-0.2, 0) is 6.54 Å². The Bertz CT molecular complexity index is 850. The molecule has 0 bridgehead atoms. The van der Waals surface area contributed by atoms with E-state index < -0.39 is 0 Å². The Morgan fingerprint density at radius 3 is 2.79 bits per heavy atom. The lowest BCUT2D eigenvalue weighted by Gasteiger charge is -2.09. The SMILES string of the molecule is Cc1noc(C)c1Cn1cc(NC(=S)Nc2cccc(N)c2)cn1. The van der Waals surface area contributed by atoms with Crippen LogP contribution in [-0.4, -0.2) is 20.0 Å². The van der Waals surface area contributed by atoms with Gasteiger partial charge in [-0.1, -0.05) is 11.2 Å². The number of nitrogens with two attached hydrogens (primary N) is 1. The number of nitrogens with one attached hydrogen (secondary N) is 2. The molecule has 0 spiro atoms. The summed E-state index contributed by atoms with van der Waals surface area (Å²) in [6, 6.07) is 7.39. The fraction of sp³-hybridized carbons (Fsp3) is 0.188. The fourth-order valence-corrected chi connectivity index (χ4v) is 2.55. The van der Waals surface area contributed by atoms with E-state index in [1.807, 2.05) is 44.3 Å². The van der Waals surface area contributed by atoms with E-state index in [2.05, 4.69) is 20.9 Å². The number of rotatable bonds is 4. The van der Waals surface area contributed by atoms with Crippen LogP contribution >= 0.6 is 12.2 Å². The molecule has 0 aliphatic rings. The Morgan fingerprint density at radius 1 is 1.29 bits per heavy atom. The predicted octanol–water partition coefficient (Wildman–Crippen LogP) is 2.93. The molecule has 0 unspecified atom stereocenters. The number of aryl methyl sites for hydroxylation is 2. The van der Waals surface area contributed by atoms with Gasteiger partial charge in [0.2, 0.25) is 0 Å². The van der Waals surface area contributed by atoms with Crippen molar-refractivity contribution in [3.8, 4) is 0 Å². The summed E-state index contributed by atoms with van der Waals surface area (Å²) in [7, 11) is 0. The molecule has 0 fully saturated rings. The van der Waals surface area contributed by atoms with Crippen LogP contribution in [0.4, 0.5) is 17.1 Å². The molecule has 124 valence electrons. The Balaban J connectivity index is 1.62. The van der Waals surface area contributed by atoms with E-state index in [9.17, 15) is 0 Å². The molecule has 0 saturated heterocycles. The molecular formula is C16H18N6OS. The van der Waals surface area contributed by atoms with Crippen molar-refractivity contribution >= 4 is 34.4 Å². The molecule has 8 heteroatoms. The van der Waals surface area contributed by atoms with Crippen LogP contribution in [0.5, 0.6) is 0 Å². The summed E-state index contributed by atoms with van der Waals surface area (Å²) in [6.07, 6.45) is 3.59. The Morgan fingerprint density at radius 2 is 2.08 bits per heavy atom. The molecule has 0 amide bonds. The highest BCUT2D eigenvalue weighted by Gasteiger charge is 2.10. The first-order chi connectivity index (χ1) is 11.5. The first kappa shape index (κ1) is 16.0. The zero-order valence-corrected chi connectivity index (χ0v) is 14.2. The highest BCUT2D eigenvalue weighted by Crippen LogP contribution is 2.16. The molecule has 1 aromatic carbocycles. The van der Waals surface area contributed by atoms with Crippen LogP contribution < -0.4 is 16.4 Å². The van der Waals surface area contributed by atoms with E-state index in [1.165, 1.54) is 0 Å². The highest BCUT2D eigenvalue weighted by atomic mass is 32.1. The van der Waals surface area contributed by atoms with E-state index in [-0.39, 0.29) is 0 Å². The van der Waals surface area contributed by atoms with Gasteiger partial charge in [0.25, 0.3) is 0 Å². The second kappa shape index (κ2) is 6.71. The summed E-state index contributed by atoms with van der Waals surface area (Å²) in [5.74, 6) is 0.802. The van der Waals surface area contributed by atoms with Crippen molar-refractivity contribution in [3.63, 3.8) is 0 Å². The van der Waals surface area contributed by atoms with Gasteiger partial charge in [0.1, 0.15) is 5.76 Å². The number of aromatic nitrogens is 3. The molecule has 0 aliphatic carbocycles. The van der Waals surface area contributed by atoms with Crippen molar-refractivity contribution in [1.82, 2.24) is 14.9 Å². The first-order valence-corrected chi connectivity index (χ1v) is 7.80. The van der Waals surface area contributed by atoms with E-state index in [4.69, 9.17) is 22.5 Å². The lowest BCUT2D eigenvalue weighted by Crippen LogP contribution is -2.18. The van der Waals surface area contributed by atoms with Crippen LogP contribution in [0.2, 0.25) is 0 Å². The van der Waals surface area contributed by atoms with Crippen molar-refractivity contribution in [3.05, 3.63) is 53.7 Å². The average molecular weight is 342 g/mol. The maximum absolute atomic E-state index is 5.75. The quantitative estimate of drug-likeness (QED) is 0.496. The van der Waals surface area contributed by atoms with Crippen molar-refractivity contribution in [2.75, 3.05) is 16.4 Å². The van der Waals surface area contributed by atoms with Gasteiger partial charge in [-0.25, -0.2) is 0 Å². The van der Waals surface area contributed by atoms with Gasteiger partial charge in [-0.3, -0.25) is 4.68 Å². The normalized spacial score (nSPS) is 10.6. The van der Waals surface area contributed by atoms with Crippen LogP contribution in [0.25, 0.3) is 0 Å². The number of nitrogen functional groups attached to an aromatic ring is 1. The van der Waals surface area contributed by atoms with E-state index in [1.54, 1.807) is 10.9 Å². The molecule has 2 aromatic heterocycles. The molecule has 0 aliphatic heterocycles. The van der Waals surface area contributed by atoms with Gasteiger partial charge in [-0.15, -0.1) is 0 Å². The van der Waals surface area contributed by atoms with Crippen molar-refractivity contribution in [2.24, 2.45) is 0 Å². The Labute approximate surface area is 144 Å². The van der Waals surface area contributed by atoms with Crippen LogP contribution in [0, 0.1) is 13.8 Å². The van der Waals surface area contributed by atoms with Gasteiger partial charge in [0.05, 0.1) is 24.1 Å². The molecular weight excluding hydrogens is 324 g/mol. The molecule has 3 aromatic rings. The monoisotopic (exact) mass is 342 g/mol. The summed E-state index contributed by atoms with van der Waals surface area (Å²) in [4.78, 5) is 0. The minimum atomic E-state index is 0.470. The smallest absolute Gasteiger partial charge is 0.175 e. The lowest BCUT2D eigenvalue weighted by molar-refractivity contribution is 0.391. The molecule has 0 radical (unpaired) electrons. The maximum atomic E-state index is 5.75. The predicted molar refractivity (Wildman–Crippen MR) is 98.0 cm³/mol. The van der Waals surface area contributed by atoms with Crippen molar-refractivity contribution in [1.29, 1.82) is 0 Å². The summed E-state index contributed by atoms with van der Waals surface area (Å²) in [5, 5.41) is 14.9. The van der Waals surface area contributed by atoms with Crippen LogP contribution in [0.1, 0.15) is 17.0 Å². The number of hydrogen-bond donors (Lipinski definition) is 3. The third-order valence-corrected chi connectivity index (χ3v) is 3.74. The van der Waals surface area contributed by atoms with Gasteiger partial charge in [0, 0.05) is 23.1 Å². The minimum Gasteiger partial charge on any atom is -0.399 e. The van der Waals surface area contributed by atoms with Gasteiger partial charge < -0.3 is 20.9 Å². The number of nitrogens with zero attached hydrogens (tertiary/aromatic N) is 3. The molecule has 3 rings (SSSR count). The number of benzene rings is 1. The zero-order valence-electron chi connectivity index (χ0n) is 13.4. The third-order valence-electron chi connectivity index (χ3n) is 3.54. The lowest BCUT2D eigenvalue weighted by atomic mass is 10.2. The standard InChI is InChI=1S/C16H18N6OS/c1-10-15(11(2)23-21-10)9-22-8-14(7-18-22)20-16(24)19-13-5-3-4-12(17)6-13/h3-8H,9,17H2,1-2H3,(H2,19,20,24). The highest BCUT2D eigenvalue weighted by molar-refractivity contribution is 7.80. The molecule has 0 atom stereocenters. The number of thiocarbonyl (C=S) groups is 1. The summed E-state index contributed by atoms with van der Waals surface area (Å²) in [5.41, 5.74) is 9.95. The van der Waals surface area contributed by atoms with Gasteiger partial charge in [-0.05, 0) is 44.3 Å². The molecule has 2 heterocycles. The van der Waals surface area contributed by atoms with E-state index >= 15 is 0 Å². The van der Waals surface area contributed by atoms with Gasteiger partial charge in [-0.2, -0.15) is 5.10 Å². The second-order valence-electron chi connectivity index (χ2n) is 5.43. The summed E-state index contributed by atoms with van der Waals surface area (Å²) in [6.45, 7) is 4.40. The average Bonchev–Trinajstić information content (AvgIpc) is 3.09. The van der Waals surface area contributed by atoms with Crippen molar-refractivity contribution in [2.45, 2.75) is 20.4 Å². The minimum absolute atomic E-state index is 0.470. The van der Waals surface area contributed by atoms with Gasteiger partial charge >= 0.3 is 0 Å². The first-order valence-electron chi connectivity index (χ1n) is 7.39. The van der Waals surface area contributed by atoms with Gasteiger partial charge in [0.15, 0.2) is 5.11 Å².